The van der Waals surface area contributed by atoms with Gasteiger partial charge in [0, 0.05) is 52.8 Å². The minimum Gasteiger partial charge on any atom is -0.494 e. The zero-order chi connectivity index (χ0) is 18.2. The summed E-state index contributed by atoms with van der Waals surface area (Å²) in [5, 5.41) is 0. The van der Waals surface area contributed by atoms with Crippen molar-refractivity contribution in [3.8, 4) is 18.1 Å². The van der Waals surface area contributed by atoms with Crippen LogP contribution in [0.1, 0.15) is 12.0 Å². The maximum atomic E-state index is 13.0. The zero-order valence-electron chi connectivity index (χ0n) is 14.7. The van der Waals surface area contributed by atoms with Crippen LogP contribution in [0.5, 0.6) is 5.75 Å². The van der Waals surface area contributed by atoms with Gasteiger partial charge >= 0.3 is 0 Å². The normalized spacial score (nSPS) is 13.7. The van der Waals surface area contributed by atoms with E-state index in [1.165, 1.54) is 4.90 Å². The van der Waals surface area contributed by atoms with Gasteiger partial charge in [-0.05, 0) is 17.8 Å². The van der Waals surface area contributed by atoms with Gasteiger partial charge in [0.2, 0.25) is 0 Å². The molecule has 0 amide bonds. The van der Waals surface area contributed by atoms with E-state index in [2.05, 4.69) is 18.6 Å². The third kappa shape index (κ3) is 6.05. The Labute approximate surface area is 178 Å². The van der Waals surface area contributed by atoms with Gasteiger partial charge in [0.15, 0.2) is 0 Å². The molecule has 1 aliphatic rings. The molecule has 1 heterocycles. The van der Waals surface area contributed by atoms with Gasteiger partial charge in [-0.15, -0.1) is 24.5 Å². The second-order valence-electron chi connectivity index (χ2n) is 5.36. The molecule has 26 heavy (non-hydrogen) atoms. The number of methoxy groups -OCH3 is 1. The second kappa shape index (κ2) is 11.3. The van der Waals surface area contributed by atoms with Crippen LogP contribution in [0.3, 0.4) is 0 Å². The van der Waals surface area contributed by atoms with Gasteiger partial charge in [-0.2, -0.15) is 12.2 Å². The number of benzene rings is 1. The SMILES string of the molecule is C#CC1=C[C-]=C(c2ccc(OCCCOC)cc2)N(CC(F)F)C1=C.[Y]. The van der Waals surface area contributed by atoms with Crippen molar-refractivity contribution in [1.82, 2.24) is 4.90 Å². The Morgan fingerprint density at radius 3 is 2.54 bits per heavy atom. The summed E-state index contributed by atoms with van der Waals surface area (Å²) in [6.07, 6.45) is 8.24. The molecule has 3 nitrogen and oxygen atoms in total. The predicted octanol–water partition coefficient (Wildman–Crippen LogP) is 3.90. The third-order valence-electron chi connectivity index (χ3n) is 3.63. The largest absolute Gasteiger partial charge is 0.494 e. The number of ether oxygens (including phenoxy) is 2. The molecule has 135 valence electrons. The summed E-state index contributed by atoms with van der Waals surface area (Å²) in [7, 11) is 1.64. The first-order valence-corrected chi connectivity index (χ1v) is 7.84. The van der Waals surface area contributed by atoms with E-state index in [0.29, 0.717) is 35.9 Å². The van der Waals surface area contributed by atoms with Gasteiger partial charge in [-0.3, -0.25) is 0 Å². The molecule has 0 aromatic heterocycles. The number of terminal acetylenes is 1. The van der Waals surface area contributed by atoms with E-state index in [1.807, 2.05) is 0 Å². The molecule has 0 aliphatic carbocycles. The van der Waals surface area contributed by atoms with Crippen molar-refractivity contribution in [3.05, 3.63) is 59.8 Å². The van der Waals surface area contributed by atoms with Crippen LogP contribution in [0.4, 0.5) is 8.78 Å². The number of alkyl halides is 2. The van der Waals surface area contributed by atoms with Crippen molar-refractivity contribution in [3.63, 3.8) is 0 Å². The second-order valence-corrected chi connectivity index (χ2v) is 5.36. The first-order chi connectivity index (χ1) is 12.1. The molecule has 0 saturated carbocycles. The van der Waals surface area contributed by atoms with E-state index in [-0.39, 0.29) is 32.7 Å². The first-order valence-electron chi connectivity index (χ1n) is 7.84. The van der Waals surface area contributed by atoms with Crippen LogP contribution in [0.15, 0.2) is 48.2 Å². The van der Waals surface area contributed by atoms with E-state index in [9.17, 15) is 8.78 Å². The fraction of sp³-hybridized carbons (Fsp3) is 0.300. The zero-order valence-corrected chi connectivity index (χ0v) is 17.5. The standard InChI is InChI=1S/C20H20F2NO2.Y/c1-4-16-8-11-19(23(15(16)2)14-20(21)22)17-6-9-18(10-7-17)25-13-5-12-24-3;/h1,6-10,20H,2,5,12-14H2,3H3;/q-1;. The van der Waals surface area contributed by atoms with Gasteiger partial charge in [0.1, 0.15) is 5.75 Å². The van der Waals surface area contributed by atoms with E-state index in [1.54, 1.807) is 37.5 Å². The molecule has 0 unspecified atom stereocenters. The van der Waals surface area contributed by atoms with Crippen LogP contribution in [-0.2, 0) is 37.4 Å². The molecule has 0 bridgehead atoms. The summed E-state index contributed by atoms with van der Waals surface area (Å²) in [6.45, 7) is 4.53. The van der Waals surface area contributed by atoms with Crippen LogP contribution in [0.25, 0.3) is 5.70 Å². The minimum absolute atomic E-state index is 0. The van der Waals surface area contributed by atoms with Crippen LogP contribution < -0.4 is 4.74 Å². The molecule has 1 radical (unpaired) electrons. The molecule has 1 aromatic rings. The summed E-state index contributed by atoms with van der Waals surface area (Å²) >= 11 is 0. The summed E-state index contributed by atoms with van der Waals surface area (Å²) in [6, 6.07) is 7.18. The number of hydrogen-bond donors (Lipinski definition) is 0. The quantitative estimate of drug-likeness (QED) is 0.353. The molecule has 0 atom stereocenters. The molecule has 1 aliphatic heterocycles. The van der Waals surface area contributed by atoms with Crippen molar-refractivity contribution in [2.45, 2.75) is 12.8 Å². The van der Waals surface area contributed by atoms with Crippen molar-refractivity contribution in [2.24, 2.45) is 0 Å². The Bertz CT molecular complexity index is 706. The van der Waals surface area contributed by atoms with Crippen molar-refractivity contribution in [1.29, 1.82) is 0 Å². The summed E-state index contributed by atoms with van der Waals surface area (Å²) in [5.74, 6) is 3.14. The molecule has 1 aromatic carbocycles. The molecule has 0 saturated heterocycles. The van der Waals surface area contributed by atoms with Gasteiger partial charge in [0.05, 0.1) is 13.2 Å². The molecular formula is C20H20F2NO2Y-. The average molecular weight is 433 g/mol. The fourth-order valence-corrected chi connectivity index (χ4v) is 2.39. The van der Waals surface area contributed by atoms with E-state index in [4.69, 9.17) is 15.9 Å². The van der Waals surface area contributed by atoms with Crippen LogP contribution in [0, 0.1) is 18.4 Å². The smallest absolute Gasteiger partial charge is 0.256 e. The number of nitrogens with zero attached hydrogens (tertiary/aromatic N) is 1. The maximum absolute atomic E-state index is 13.0. The number of halogens is 2. The van der Waals surface area contributed by atoms with Crippen LogP contribution in [0.2, 0.25) is 0 Å². The topological polar surface area (TPSA) is 21.7 Å². The number of rotatable bonds is 8. The van der Waals surface area contributed by atoms with Crippen molar-refractivity contribution >= 4 is 5.70 Å². The maximum Gasteiger partial charge on any atom is 0.256 e. The van der Waals surface area contributed by atoms with E-state index < -0.39 is 13.0 Å². The van der Waals surface area contributed by atoms with Gasteiger partial charge in [-0.25, -0.2) is 8.78 Å². The monoisotopic (exact) mass is 433 g/mol. The Balaban J connectivity index is 0.00000338. The van der Waals surface area contributed by atoms with Crippen LogP contribution in [-0.4, -0.2) is 38.2 Å². The number of hydrogen-bond acceptors (Lipinski definition) is 3. The van der Waals surface area contributed by atoms with Gasteiger partial charge in [0.25, 0.3) is 6.43 Å². The third-order valence-corrected chi connectivity index (χ3v) is 3.63. The summed E-state index contributed by atoms with van der Waals surface area (Å²) in [4.78, 5) is 1.40. The molecule has 0 spiro atoms. The Morgan fingerprint density at radius 2 is 1.96 bits per heavy atom. The first kappa shape index (κ1) is 22.6. The van der Waals surface area contributed by atoms with Gasteiger partial charge < -0.3 is 14.4 Å². The minimum atomic E-state index is -2.52. The summed E-state index contributed by atoms with van der Waals surface area (Å²) < 4.78 is 36.5. The molecule has 0 N–H and O–H groups in total. The Hall–Kier alpha value is -1.48. The molecule has 0 fully saturated rings. The Kier molecular flexibility index (Phi) is 9.79. The van der Waals surface area contributed by atoms with Crippen molar-refractivity contribution < 1.29 is 51.0 Å². The fourth-order valence-electron chi connectivity index (χ4n) is 2.39. The average Bonchev–Trinajstić information content (AvgIpc) is 2.61. The summed E-state index contributed by atoms with van der Waals surface area (Å²) in [5.41, 5.74) is 2.06. The number of allylic oxidation sites excluding steroid dienone is 3. The van der Waals surface area contributed by atoms with E-state index >= 15 is 0 Å². The molecule has 6 heteroatoms. The van der Waals surface area contributed by atoms with Crippen molar-refractivity contribution in [2.75, 3.05) is 26.9 Å². The van der Waals surface area contributed by atoms with E-state index in [0.717, 1.165) is 12.0 Å². The molecule has 2 rings (SSSR count). The molecular weight excluding hydrogens is 413 g/mol. The van der Waals surface area contributed by atoms with Gasteiger partial charge in [-0.1, -0.05) is 23.4 Å². The van der Waals surface area contributed by atoms with Crippen LogP contribution >= 0.6 is 0 Å². The predicted molar refractivity (Wildman–Crippen MR) is 93.8 cm³/mol. The Morgan fingerprint density at radius 1 is 1.27 bits per heavy atom.